The third kappa shape index (κ3) is 3.28. The summed E-state index contributed by atoms with van der Waals surface area (Å²) in [6.45, 7) is 0. The molecule has 132 valence electrons. The van der Waals surface area contributed by atoms with Crippen molar-refractivity contribution in [2.24, 2.45) is 0 Å². The third-order valence-electron chi connectivity index (χ3n) is 4.39. The van der Waals surface area contributed by atoms with Gasteiger partial charge < -0.3 is 10.3 Å². The van der Waals surface area contributed by atoms with Crippen LogP contribution in [0.4, 0.5) is 16.0 Å². The minimum Gasteiger partial charge on any atom is -0.326 e. The molecule has 0 bridgehead atoms. The fraction of sp³-hybridized carbons (Fsp3) is 0.211. The number of rotatable bonds is 5. The van der Waals surface area contributed by atoms with Crippen molar-refractivity contribution < 1.29 is 14.0 Å². The number of para-hydroxylation sites is 1. The summed E-state index contributed by atoms with van der Waals surface area (Å²) in [6, 6.07) is 10.5. The zero-order chi connectivity index (χ0) is 18.1. The molecule has 0 atom stereocenters. The second kappa shape index (κ2) is 6.59. The molecular formula is C19H17FN4O2. The van der Waals surface area contributed by atoms with E-state index in [4.69, 9.17) is 0 Å². The van der Waals surface area contributed by atoms with Gasteiger partial charge in [-0.05, 0) is 42.2 Å². The molecule has 0 fully saturated rings. The van der Waals surface area contributed by atoms with E-state index in [0.717, 1.165) is 23.2 Å². The van der Waals surface area contributed by atoms with Crippen molar-refractivity contribution in [3.05, 3.63) is 53.3 Å². The molecule has 0 aliphatic carbocycles. The van der Waals surface area contributed by atoms with Gasteiger partial charge in [-0.3, -0.25) is 14.9 Å². The van der Waals surface area contributed by atoms with Crippen LogP contribution in [0.1, 0.15) is 24.0 Å². The molecule has 1 aliphatic heterocycles. The molecular weight excluding hydrogens is 335 g/mol. The number of halogens is 1. The van der Waals surface area contributed by atoms with Crippen LogP contribution < -0.4 is 10.6 Å². The van der Waals surface area contributed by atoms with E-state index < -0.39 is 5.82 Å². The molecule has 0 radical (unpaired) electrons. The highest BCUT2D eigenvalue weighted by Gasteiger charge is 2.17. The van der Waals surface area contributed by atoms with E-state index >= 15 is 0 Å². The number of imidazole rings is 1. The van der Waals surface area contributed by atoms with Crippen LogP contribution in [0.3, 0.4) is 0 Å². The van der Waals surface area contributed by atoms with E-state index in [0.29, 0.717) is 24.8 Å². The van der Waals surface area contributed by atoms with Gasteiger partial charge in [-0.15, -0.1) is 0 Å². The lowest BCUT2D eigenvalue weighted by Gasteiger charge is -2.05. The fourth-order valence-electron chi connectivity index (χ4n) is 3.14. The molecule has 2 amide bonds. The number of nitrogens with zero attached hydrogens (tertiary/aromatic N) is 1. The molecule has 0 saturated carbocycles. The van der Waals surface area contributed by atoms with Crippen LogP contribution in [0.25, 0.3) is 11.0 Å². The van der Waals surface area contributed by atoms with Crippen LogP contribution >= 0.6 is 0 Å². The molecule has 3 aromatic rings. The molecule has 0 unspecified atom stereocenters. The van der Waals surface area contributed by atoms with Crippen LogP contribution in [0.15, 0.2) is 36.4 Å². The van der Waals surface area contributed by atoms with Crippen LogP contribution in [-0.2, 0) is 22.4 Å². The van der Waals surface area contributed by atoms with Gasteiger partial charge in [-0.25, -0.2) is 9.37 Å². The SMILES string of the molecule is O=C(CCCc1ccc2c(c1)CC(=O)N2)Nc1nc2c(F)cccc2[nH]1. The Morgan fingerprint density at radius 1 is 1.27 bits per heavy atom. The highest BCUT2D eigenvalue weighted by Crippen LogP contribution is 2.24. The molecule has 6 nitrogen and oxygen atoms in total. The Labute approximate surface area is 148 Å². The quantitative estimate of drug-likeness (QED) is 0.659. The fourth-order valence-corrected chi connectivity index (χ4v) is 3.14. The van der Waals surface area contributed by atoms with Gasteiger partial charge in [-0.2, -0.15) is 0 Å². The topological polar surface area (TPSA) is 86.9 Å². The number of aromatic amines is 1. The number of nitrogens with one attached hydrogen (secondary N) is 3. The monoisotopic (exact) mass is 352 g/mol. The van der Waals surface area contributed by atoms with Gasteiger partial charge in [0.25, 0.3) is 0 Å². The summed E-state index contributed by atoms with van der Waals surface area (Å²) >= 11 is 0. The maximum absolute atomic E-state index is 13.6. The first-order chi connectivity index (χ1) is 12.6. The predicted molar refractivity (Wildman–Crippen MR) is 96.4 cm³/mol. The number of amides is 2. The molecule has 0 saturated heterocycles. The second-order valence-corrected chi connectivity index (χ2v) is 6.34. The smallest absolute Gasteiger partial charge is 0.228 e. The average molecular weight is 352 g/mol. The van der Waals surface area contributed by atoms with Crippen molar-refractivity contribution in [3.8, 4) is 0 Å². The molecule has 0 spiro atoms. The lowest BCUT2D eigenvalue weighted by atomic mass is 10.0. The Bertz CT molecular complexity index is 1010. The molecule has 26 heavy (non-hydrogen) atoms. The largest absolute Gasteiger partial charge is 0.326 e. The standard InChI is InChI=1S/C19H17FN4O2/c20-13-4-2-5-15-18(13)24-19(22-15)23-16(25)6-1-3-11-7-8-14-12(9-11)10-17(26)21-14/h2,4-5,7-9H,1,3,6,10H2,(H,21,26)(H2,22,23,24,25). The third-order valence-corrected chi connectivity index (χ3v) is 4.39. The van der Waals surface area contributed by atoms with Crippen molar-refractivity contribution in [2.75, 3.05) is 10.6 Å². The Morgan fingerprint density at radius 3 is 3.00 bits per heavy atom. The lowest BCUT2D eigenvalue weighted by Crippen LogP contribution is -2.12. The molecule has 2 heterocycles. The van der Waals surface area contributed by atoms with Gasteiger partial charge in [0.05, 0.1) is 11.9 Å². The Hall–Kier alpha value is -3.22. The highest BCUT2D eigenvalue weighted by atomic mass is 19.1. The van der Waals surface area contributed by atoms with E-state index in [1.807, 2.05) is 18.2 Å². The van der Waals surface area contributed by atoms with E-state index in [-0.39, 0.29) is 23.3 Å². The lowest BCUT2D eigenvalue weighted by molar-refractivity contribution is -0.116. The van der Waals surface area contributed by atoms with Crippen molar-refractivity contribution in [1.29, 1.82) is 0 Å². The van der Waals surface area contributed by atoms with E-state index in [1.54, 1.807) is 12.1 Å². The van der Waals surface area contributed by atoms with Crippen molar-refractivity contribution in [3.63, 3.8) is 0 Å². The van der Waals surface area contributed by atoms with Crippen molar-refractivity contribution in [2.45, 2.75) is 25.7 Å². The Balaban J connectivity index is 1.32. The van der Waals surface area contributed by atoms with Gasteiger partial charge in [-0.1, -0.05) is 18.2 Å². The number of carbonyl (C=O) groups excluding carboxylic acids is 2. The molecule has 3 N–H and O–H groups in total. The molecule has 1 aliphatic rings. The number of aryl methyl sites for hydroxylation is 1. The second-order valence-electron chi connectivity index (χ2n) is 6.34. The first-order valence-corrected chi connectivity index (χ1v) is 8.44. The summed E-state index contributed by atoms with van der Waals surface area (Å²) in [5.74, 6) is -0.345. The summed E-state index contributed by atoms with van der Waals surface area (Å²) in [4.78, 5) is 30.4. The first kappa shape index (κ1) is 16.3. The maximum atomic E-state index is 13.6. The van der Waals surface area contributed by atoms with Crippen molar-refractivity contribution >= 4 is 34.5 Å². The number of benzene rings is 2. The van der Waals surface area contributed by atoms with E-state index in [9.17, 15) is 14.0 Å². The zero-order valence-electron chi connectivity index (χ0n) is 13.9. The highest BCUT2D eigenvalue weighted by molar-refractivity contribution is 5.99. The van der Waals surface area contributed by atoms with Gasteiger partial charge in [0, 0.05) is 12.1 Å². The summed E-state index contributed by atoms with van der Waals surface area (Å²) < 4.78 is 13.6. The van der Waals surface area contributed by atoms with Gasteiger partial charge in [0.1, 0.15) is 5.52 Å². The molecule has 1 aromatic heterocycles. The van der Waals surface area contributed by atoms with Crippen LogP contribution in [-0.4, -0.2) is 21.8 Å². The summed E-state index contributed by atoms with van der Waals surface area (Å²) in [7, 11) is 0. The number of carbonyl (C=O) groups is 2. The Morgan fingerprint density at radius 2 is 2.15 bits per heavy atom. The number of anilines is 2. The molecule has 7 heteroatoms. The number of hydrogen-bond donors (Lipinski definition) is 3. The minimum absolute atomic E-state index is 0.0128. The number of aromatic nitrogens is 2. The number of hydrogen-bond acceptors (Lipinski definition) is 3. The normalized spacial score (nSPS) is 12.9. The summed E-state index contributed by atoms with van der Waals surface area (Å²) in [5.41, 5.74) is 3.72. The van der Waals surface area contributed by atoms with Gasteiger partial charge >= 0.3 is 0 Å². The van der Waals surface area contributed by atoms with Crippen molar-refractivity contribution in [1.82, 2.24) is 9.97 Å². The first-order valence-electron chi connectivity index (χ1n) is 8.44. The Kier molecular flexibility index (Phi) is 4.12. The van der Waals surface area contributed by atoms with Gasteiger partial charge in [0.2, 0.25) is 17.8 Å². The predicted octanol–water partition coefficient (Wildman–Crippen LogP) is 3.16. The molecule has 4 rings (SSSR count). The minimum atomic E-state index is -0.427. The van der Waals surface area contributed by atoms with Crippen LogP contribution in [0, 0.1) is 5.82 Å². The van der Waals surface area contributed by atoms with E-state index in [2.05, 4.69) is 20.6 Å². The van der Waals surface area contributed by atoms with E-state index in [1.165, 1.54) is 6.07 Å². The zero-order valence-corrected chi connectivity index (χ0v) is 13.9. The van der Waals surface area contributed by atoms with Gasteiger partial charge in [0.15, 0.2) is 5.82 Å². The molecule has 2 aromatic carbocycles. The van der Waals surface area contributed by atoms with Crippen LogP contribution in [0.5, 0.6) is 0 Å². The average Bonchev–Trinajstić information content (AvgIpc) is 3.17. The number of fused-ring (bicyclic) bond motifs is 2. The number of H-pyrrole nitrogens is 1. The summed E-state index contributed by atoms with van der Waals surface area (Å²) in [6.07, 6.45) is 2.14. The van der Waals surface area contributed by atoms with Crippen LogP contribution in [0.2, 0.25) is 0 Å². The maximum Gasteiger partial charge on any atom is 0.228 e. The summed E-state index contributed by atoms with van der Waals surface area (Å²) in [5, 5.41) is 5.47.